The monoisotopic (exact) mass is 299 g/mol. The fourth-order valence-electron chi connectivity index (χ4n) is 3.04. The Hall–Kier alpha value is -2.24. The molecule has 1 unspecified atom stereocenters. The molecule has 2 aromatic heterocycles. The van der Waals surface area contributed by atoms with Crippen molar-refractivity contribution in [2.45, 2.75) is 39.0 Å². The summed E-state index contributed by atoms with van der Waals surface area (Å²) in [6.07, 6.45) is 10.8. The number of nitrogens with zero attached hydrogens (tertiary/aromatic N) is 4. The molecule has 22 heavy (non-hydrogen) atoms. The number of anilines is 1. The van der Waals surface area contributed by atoms with Crippen LogP contribution in [0.4, 0.5) is 5.69 Å². The molecule has 0 spiro atoms. The minimum absolute atomic E-state index is 0.0399. The Morgan fingerprint density at radius 1 is 1.41 bits per heavy atom. The van der Waals surface area contributed by atoms with Gasteiger partial charge >= 0.3 is 0 Å². The first-order valence-corrected chi connectivity index (χ1v) is 7.84. The third-order valence-corrected chi connectivity index (χ3v) is 4.28. The van der Waals surface area contributed by atoms with E-state index < -0.39 is 0 Å². The van der Waals surface area contributed by atoms with E-state index in [1.54, 1.807) is 17.2 Å². The van der Waals surface area contributed by atoms with Crippen molar-refractivity contribution in [1.82, 2.24) is 19.7 Å². The molecule has 3 rings (SSSR count). The molecule has 6 nitrogen and oxygen atoms in total. The number of rotatable bonds is 5. The molecule has 0 bridgehead atoms. The van der Waals surface area contributed by atoms with Crippen molar-refractivity contribution in [3.05, 3.63) is 31.0 Å². The predicted molar refractivity (Wildman–Crippen MR) is 83.5 cm³/mol. The largest absolute Gasteiger partial charge is 0.324 e. The molecule has 1 fully saturated rings. The molecule has 0 radical (unpaired) electrons. The minimum Gasteiger partial charge on any atom is -0.324 e. The van der Waals surface area contributed by atoms with E-state index in [0.29, 0.717) is 17.4 Å². The van der Waals surface area contributed by atoms with E-state index in [1.165, 1.54) is 32.0 Å². The quantitative estimate of drug-likeness (QED) is 0.921. The number of aromatic nitrogens is 4. The summed E-state index contributed by atoms with van der Waals surface area (Å²) in [6.45, 7) is 2.00. The Kier molecular flexibility index (Phi) is 4.46. The molecule has 1 N–H and O–H groups in total. The lowest BCUT2D eigenvalue weighted by Crippen LogP contribution is -2.22. The molecule has 2 heterocycles. The van der Waals surface area contributed by atoms with E-state index in [0.717, 1.165) is 6.42 Å². The fraction of sp³-hybridized carbons (Fsp3) is 0.500. The summed E-state index contributed by atoms with van der Waals surface area (Å²) in [6, 6.07) is 3.65. The highest BCUT2D eigenvalue weighted by molar-refractivity contribution is 5.92. The van der Waals surface area contributed by atoms with Crippen LogP contribution in [0.3, 0.4) is 0 Å². The smallest absolute Gasteiger partial charge is 0.227 e. The van der Waals surface area contributed by atoms with Crippen molar-refractivity contribution >= 4 is 11.6 Å². The maximum absolute atomic E-state index is 12.2. The first kappa shape index (κ1) is 14.7. The number of nitrogens with one attached hydrogen (secondary N) is 1. The molecule has 1 atom stereocenters. The molecule has 1 aliphatic rings. The molecule has 6 heteroatoms. The van der Waals surface area contributed by atoms with Crippen LogP contribution >= 0.6 is 0 Å². The van der Waals surface area contributed by atoms with Crippen LogP contribution < -0.4 is 5.32 Å². The van der Waals surface area contributed by atoms with Crippen LogP contribution in [0.25, 0.3) is 5.82 Å². The van der Waals surface area contributed by atoms with Gasteiger partial charge in [-0.1, -0.05) is 32.6 Å². The Bertz CT molecular complexity index is 602. The lowest BCUT2D eigenvalue weighted by atomic mass is 9.94. The zero-order valence-corrected chi connectivity index (χ0v) is 12.8. The van der Waals surface area contributed by atoms with Crippen molar-refractivity contribution in [3.8, 4) is 5.82 Å². The normalized spacial score (nSPS) is 16.6. The molecular weight excluding hydrogens is 278 g/mol. The third-order valence-electron chi connectivity index (χ3n) is 4.28. The highest BCUT2D eigenvalue weighted by atomic mass is 16.1. The van der Waals surface area contributed by atoms with Crippen LogP contribution in [-0.2, 0) is 4.79 Å². The van der Waals surface area contributed by atoms with E-state index >= 15 is 0 Å². The summed E-state index contributed by atoms with van der Waals surface area (Å²) in [5, 5.41) is 6.96. The first-order chi connectivity index (χ1) is 10.7. The molecule has 1 amide bonds. The van der Waals surface area contributed by atoms with Gasteiger partial charge in [-0.15, -0.1) is 0 Å². The molecule has 0 aliphatic heterocycles. The number of hydrogen-bond acceptors (Lipinski definition) is 4. The van der Waals surface area contributed by atoms with Crippen LogP contribution in [0, 0.1) is 11.8 Å². The van der Waals surface area contributed by atoms with E-state index in [2.05, 4.69) is 20.4 Å². The summed E-state index contributed by atoms with van der Waals surface area (Å²) in [7, 11) is 0. The number of carbonyl (C=O) groups excluding carboxylic acids is 1. The lowest BCUT2D eigenvalue weighted by molar-refractivity contribution is -0.119. The van der Waals surface area contributed by atoms with Gasteiger partial charge in [-0.05, 0) is 24.5 Å². The fourth-order valence-corrected chi connectivity index (χ4v) is 3.04. The summed E-state index contributed by atoms with van der Waals surface area (Å²) < 4.78 is 1.58. The van der Waals surface area contributed by atoms with Gasteiger partial charge in [-0.25, -0.2) is 14.6 Å². The highest BCUT2D eigenvalue weighted by Crippen LogP contribution is 2.30. The second-order valence-corrected chi connectivity index (χ2v) is 6.02. The number of pyridine rings is 1. The lowest BCUT2D eigenvalue weighted by Gasteiger charge is -2.16. The van der Waals surface area contributed by atoms with E-state index in [4.69, 9.17) is 0 Å². The molecule has 0 saturated heterocycles. The summed E-state index contributed by atoms with van der Waals surface area (Å²) in [5.74, 6) is 1.50. The molecule has 116 valence electrons. The summed E-state index contributed by atoms with van der Waals surface area (Å²) >= 11 is 0. The van der Waals surface area contributed by atoms with Crippen LogP contribution in [0.5, 0.6) is 0 Å². The van der Waals surface area contributed by atoms with E-state index in [9.17, 15) is 4.79 Å². The Labute approximate surface area is 130 Å². The van der Waals surface area contributed by atoms with Gasteiger partial charge in [-0.2, -0.15) is 5.10 Å². The second-order valence-electron chi connectivity index (χ2n) is 6.02. The van der Waals surface area contributed by atoms with Crippen molar-refractivity contribution in [2.24, 2.45) is 11.8 Å². The Balaban J connectivity index is 1.56. The van der Waals surface area contributed by atoms with Crippen molar-refractivity contribution in [2.75, 3.05) is 5.32 Å². The summed E-state index contributed by atoms with van der Waals surface area (Å²) in [4.78, 5) is 20.4. The van der Waals surface area contributed by atoms with Gasteiger partial charge in [0.15, 0.2) is 5.82 Å². The maximum atomic E-state index is 12.2. The van der Waals surface area contributed by atoms with Crippen molar-refractivity contribution in [1.29, 1.82) is 0 Å². The van der Waals surface area contributed by atoms with Crippen molar-refractivity contribution < 1.29 is 4.79 Å². The van der Waals surface area contributed by atoms with Crippen LogP contribution in [0.1, 0.15) is 39.0 Å². The number of hydrogen-bond donors (Lipinski definition) is 1. The molecular formula is C16H21N5O. The van der Waals surface area contributed by atoms with Crippen LogP contribution in [0.15, 0.2) is 31.0 Å². The maximum Gasteiger partial charge on any atom is 0.227 e. The SMILES string of the molecule is CC(CC1CCCC1)C(=O)Nc1ccc(-n2cncn2)nc1. The number of amides is 1. The van der Waals surface area contributed by atoms with Crippen LogP contribution in [-0.4, -0.2) is 25.7 Å². The average molecular weight is 299 g/mol. The van der Waals surface area contributed by atoms with Gasteiger partial charge in [0.05, 0.1) is 11.9 Å². The zero-order valence-electron chi connectivity index (χ0n) is 12.8. The third kappa shape index (κ3) is 3.50. The Morgan fingerprint density at radius 3 is 2.86 bits per heavy atom. The second kappa shape index (κ2) is 6.68. The summed E-state index contributed by atoms with van der Waals surface area (Å²) in [5.41, 5.74) is 0.715. The molecule has 2 aromatic rings. The van der Waals surface area contributed by atoms with E-state index in [1.807, 2.05) is 19.1 Å². The highest BCUT2D eigenvalue weighted by Gasteiger charge is 2.21. The van der Waals surface area contributed by atoms with Gasteiger partial charge in [0.2, 0.25) is 5.91 Å². The van der Waals surface area contributed by atoms with E-state index in [-0.39, 0.29) is 11.8 Å². The topological polar surface area (TPSA) is 72.7 Å². The van der Waals surface area contributed by atoms with Gasteiger partial charge in [0, 0.05) is 5.92 Å². The zero-order chi connectivity index (χ0) is 15.4. The Morgan fingerprint density at radius 2 is 2.23 bits per heavy atom. The average Bonchev–Trinajstić information content (AvgIpc) is 3.21. The van der Waals surface area contributed by atoms with Gasteiger partial charge in [-0.3, -0.25) is 4.79 Å². The molecule has 1 aliphatic carbocycles. The standard InChI is InChI=1S/C16H21N5O/c1-12(8-13-4-2-3-5-13)16(22)20-14-6-7-15(18-9-14)21-11-17-10-19-21/h6-7,9-13H,2-5,8H2,1H3,(H,20,22). The molecule has 0 aromatic carbocycles. The van der Waals surface area contributed by atoms with Crippen LogP contribution in [0.2, 0.25) is 0 Å². The van der Waals surface area contributed by atoms with Crippen molar-refractivity contribution in [3.63, 3.8) is 0 Å². The van der Waals surface area contributed by atoms with Gasteiger partial charge < -0.3 is 5.32 Å². The predicted octanol–water partition coefficient (Wildman–Crippen LogP) is 2.82. The van der Waals surface area contributed by atoms with Gasteiger partial charge in [0.25, 0.3) is 0 Å². The molecule has 1 saturated carbocycles. The first-order valence-electron chi connectivity index (χ1n) is 7.84. The minimum atomic E-state index is 0.0399. The van der Waals surface area contributed by atoms with Gasteiger partial charge in [0.1, 0.15) is 12.7 Å². The number of carbonyl (C=O) groups is 1.